The van der Waals surface area contributed by atoms with Crippen LogP contribution in [-0.2, 0) is 0 Å². The van der Waals surface area contributed by atoms with Gasteiger partial charge in [-0.05, 0) is 30.7 Å². The van der Waals surface area contributed by atoms with Gasteiger partial charge in [-0.3, -0.25) is 4.79 Å². The predicted octanol–water partition coefficient (Wildman–Crippen LogP) is 4.39. The molecule has 0 aliphatic rings. The number of anilines is 1. The minimum absolute atomic E-state index is 0.0850. The van der Waals surface area contributed by atoms with Gasteiger partial charge in [0.15, 0.2) is 5.78 Å². The highest BCUT2D eigenvalue weighted by Crippen LogP contribution is 2.30. The minimum atomic E-state index is -0.942. The van der Waals surface area contributed by atoms with Crippen LogP contribution in [0.5, 0.6) is 0 Å². The number of carbonyl (C=O) groups excluding carboxylic acids is 1. The van der Waals surface area contributed by atoms with Gasteiger partial charge in [0.05, 0.1) is 21.3 Å². The van der Waals surface area contributed by atoms with Gasteiger partial charge in [-0.1, -0.05) is 23.2 Å². The normalized spacial score (nSPS) is 10.7. The second-order valence-electron chi connectivity index (χ2n) is 4.27. The second-order valence-corrected chi connectivity index (χ2v) is 5.06. The summed E-state index contributed by atoms with van der Waals surface area (Å²) in [6.07, 6.45) is 0. The highest BCUT2D eigenvalue weighted by atomic mass is 35.5. The summed E-state index contributed by atoms with van der Waals surface area (Å²) in [7, 11) is 0. The zero-order chi connectivity index (χ0) is 15.0. The van der Waals surface area contributed by atoms with E-state index in [1.807, 2.05) is 0 Å². The molecule has 0 bridgehead atoms. The molecule has 2 aromatic rings. The number of aryl methyl sites for hydroxylation is 1. The number of rotatable bonds is 2. The number of carbonyl (C=O) groups is 1. The summed E-state index contributed by atoms with van der Waals surface area (Å²) in [5.41, 5.74) is 5.73. The van der Waals surface area contributed by atoms with Crippen LogP contribution in [0.4, 0.5) is 14.5 Å². The molecule has 2 nitrogen and oxygen atoms in total. The maximum atomic E-state index is 13.7. The predicted molar refractivity (Wildman–Crippen MR) is 75.4 cm³/mol. The summed E-state index contributed by atoms with van der Waals surface area (Å²) >= 11 is 11.6. The fourth-order valence-electron chi connectivity index (χ4n) is 1.73. The zero-order valence-corrected chi connectivity index (χ0v) is 11.8. The van der Waals surface area contributed by atoms with E-state index < -0.39 is 17.4 Å². The molecule has 104 valence electrons. The fourth-order valence-corrected chi connectivity index (χ4v) is 2.06. The van der Waals surface area contributed by atoms with Gasteiger partial charge in [-0.15, -0.1) is 0 Å². The van der Waals surface area contributed by atoms with Crippen molar-refractivity contribution in [3.8, 4) is 0 Å². The maximum absolute atomic E-state index is 13.7. The summed E-state index contributed by atoms with van der Waals surface area (Å²) in [4.78, 5) is 12.2. The molecule has 0 radical (unpaired) electrons. The number of benzene rings is 2. The summed E-state index contributed by atoms with van der Waals surface area (Å²) in [5.74, 6) is -2.30. The van der Waals surface area contributed by atoms with Gasteiger partial charge >= 0.3 is 0 Å². The van der Waals surface area contributed by atoms with E-state index in [9.17, 15) is 13.6 Å². The monoisotopic (exact) mass is 315 g/mol. The Kier molecular flexibility index (Phi) is 3.97. The minimum Gasteiger partial charge on any atom is -0.397 e. The lowest BCUT2D eigenvalue weighted by molar-refractivity contribution is 0.103. The molecule has 0 amide bonds. The smallest absolute Gasteiger partial charge is 0.196 e. The van der Waals surface area contributed by atoms with Crippen LogP contribution in [0.1, 0.15) is 21.5 Å². The third-order valence-electron chi connectivity index (χ3n) is 2.81. The van der Waals surface area contributed by atoms with Gasteiger partial charge in [0.25, 0.3) is 0 Å². The Labute approximate surface area is 124 Å². The third kappa shape index (κ3) is 2.62. The van der Waals surface area contributed by atoms with Crippen molar-refractivity contribution in [3.05, 3.63) is 62.6 Å². The zero-order valence-electron chi connectivity index (χ0n) is 10.3. The van der Waals surface area contributed by atoms with Gasteiger partial charge in [0.1, 0.15) is 11.6 Å². The molecule has 0 saturated heterocycles. The molecule has 6 heteroatoms. The van der Waals surface area contributed by atoms with Crippen molar-refractivity contribution in [2.75, 3.05) is 5.73 Å². The first-order valence-electron chi connectivity index (χ1n) is 5.56. The molecule has 0 unspecified atom stereocenters. The van der Waals surface area contributed by atoms with Gasteiger partial charge in [-0.2, -0.15) is 0 Å². The van der Waals surface area contributed by atoms with E-state index in [4.69, 9.17) is 28.9 Å². The van der Waals surface area contributed by atoms with Crippen molar-refractivity contribution in [3.63, 3.8) is 0 Å². The number of nitrogen functional groups attached to an aromatic ring is 1. The van der Waals surface area contributed by atoms with Crippen molar-refractivity contribution in [2.24, 2.45) is 0 Å². The number of nitrogens with two attached hydrogens (primary N) is 1. The molecule has 0 aliphatic carbocycles. The Morgan fingerprint density at radius 2 is 1.75 bits per heavy atom. The van der Waals surface area contributed by atoms with Crippen LogP contribution in [0.25, 0.3) is 0 Å². The first-order valence-corrected chi connectivity index (χ1v) is 6.31. The Balaban J connectivity index is 2.55. The number of hydrogen-bond acceptors (Lipinski definition) is 2. The van der Waals surface area contributed by atoms with Crippen molar-refractivity contribution in [1.82, 2.24) is 0 Å². The standard InChI is InChI=1S/C14H9Cl2F2NO/c1-6-2-8(11(18)5-10(6)17)14(20)7-3-9(15)13(16)12(19)4-7/h2-5H,19H2,1H3. The lowest BCUT2D eigenvalue weighted by atomic mass is 10.0. The van der Waals surface area contributed by atoms with Crippen LogP contribution < -0.4 is 5.73 Å². The third-order valence-corrected chi connectivity index (χ3v) is 3.63. The molecule has 2 N–H and O–H groups in total. The van der Waals surface area contributed by atoms with Crippen LogP contribution in [-0.4, -0.2) is 5.78 Å². The van der Waals surface area contributed by atoms with Crippen LogP contribution in [0.2, 0.25) is 10.0 Å². The van der Waals surface area contributed by atoms with E-state index in [0.29, 0.717) is 6.07 Å². The molecular formula is C14H9Cl2F2NO. The van der Waals surface area contributed by atoms with Crippen LogP contribution in [0.3, 0.4) is 0 Å². The van der Waals surface area contributed by atoms with Gasteiger partial charge < -0.3 is 5.73 Å². The van der Waals surface area contributed by atoms with E-state index in [0.717, 1.165) is 6.07 Å². The fraction of sp³-hybridized carbons (Fsp3) is 0.0714. The van der Waals surface area contributed by atoms with Crippen molar-refractivity contribution in [2.45, 2.75) is 6.92 Å². The SMILES string of the molecule is Cc1cc(C(=O)c2cc(N)c(Cl)c(Cl)c2)c(F)cc1F. The molecule has 2 aromatic carbocycles. The lowest BCUT2D eigenvalue weighted by Gasteiger charge is -2.08. The lowest BCUT2D eigenvalue weighted by Crippen LogP contribution is -2.07. The molecule has 0 fully saturated rings. The van der Waals surface area contributed by atoms with Crippen LogP contribution >= 0.6 is 23.2 Å². The number of halogens is 4. The van der Waals surface area contributed by atoms with Crippen molar-refractivity contribution >= 4 is 34.7 Å². The van der Waals surface area contributed by atoms with E-state index in [1.165, 1.54) is 19.1 Å². The van der Waals surface area contributed by atoms with E-state index in [-0.39, 0.29) is 32.4 Å². The van der Waals surface area contributed by atoms with Crippen LogP contribution in [0, 0.1) is 18.6 Å². The molecule has 0 aliphatic heterocycles. The Morgan fingerprint density at radius 1 is 1.10 bits per heavy atom. The quantitative estimate of drug-likeness (QED) is 0.659. The molecular weight excluding hydrogens is 307 g/mol. The molecule has 20 heavy (non-hydrogen) atoms. The van der Waals surface area contributed by atoms with Gasteiger partial charge in [0, 0.05) is 11.6 Å². The first-order chi connectivity index (χ1) is 9.31. The summed E-state index contributed by atoms with van der Waals surface area (Å²) < 4.78 is 26.9. The van der Waals surface area contributed by atoms with Gasteiger partial charge in [-0.25, -0.2) is 8.78 Å². The number of hydrogen-bond donors (Lipinski definition) is 1. The molecule has 0 spiro atoms. The Bertz CT molecular complexity index is 694. The van der Waals surface area contributed by atoms with Crippen LogP contribution in [0.15, 0.2) is 24.3 Å². The average molecular weight is 316 g/mol. The molecule has 0 aromatic heterocycles. The average Bonchev–Trinajstić information content (AvgIpc) is 2.38. The van der Waals surface area contributed by atoms with E-state index in [2.05, 4.69) is 0 Å². The molecule has 0 saturated carbocycles. The largest absolute Gasteiger partial charge is 0.397 e. The molecule has 0 heterocycles. The number of ketones is 1. The highest BCUT2D eigenvalue weighted by Gasteiger charge is 2.18. The van der Waals surface area contributed by atoms with E-state index >= 15 is 0 Å². The topological polar surface area (TPSA) is 43.1 Å². The molecule has 0 atom stereocenters. The Morgan fingerprint density at radius 3 is 2.35 bits per heavy atom. The Hall–Kier alpha value is -1.65. The second kappa shape index (κ2) is 5.38. The maximum Gasteiger partial charge on any atom is 0.196 e. The summed E-state index contributed by atoms with van der Waals surface area (Å²) in [6.45, 7) is 1.44. The van der Waals surface area contributed by atoms with E-state index in [1.54, 1.807) is 0 Å². The molecule has 2 rings (SSSR count). The summed E-state index contributed by atoms with van der Waals surface area (Å²) in [6, 6.07) is 4.41. The first kappa shape index (κ1) is 14.8. The van der Waals surface area contributed by atoms with Crippen molar-refractivity contribution < 1.29 is 13.6 Å². The van der Waals surface area contributed by atoms with Crippen molar-refractivity contribution in [1.29, 1.82) is 0 Å². The van der Waals surface area contributed by atoms with Gasteiger partial charge in [0.2, 0.25) is 0 Å². The highest BCUT2D eigenvalue weighted by molar-refractivity contribution is 6.44. The summed E-state index contributed by atoms with van der Waals surface area (Å²) in [5, 5.41) is 0.216.